The van der Waals surface area contributed by atoms with Crippen molar-refractivity contribution < 1.29 is 62.5 Å². The normalized spacial score (nSPS) is 14.9. The molecule has 0 saturated carbocycles. The van der Waals surface area contributed by atoms with Crippen LogP contribution in [0.2, 0.25) is 0 Å². The van der Waals surface area contributed by atoms with Crippen molar-refractivity contribution >= 4 is 17.9 Å². The standard InChI is InChI=1S/C20H30O8.C19H34O5/c1-3-5-7-9-19(23)27-17(13-21)15-25-11-12-26-16-18(14-22)28-20(24)10-8-6-4-2;1-6-8-10-11-19(20)24-15-18(5)23-14-17(4)22-13-16(3)21-12-9-7-2/h3-10,17-18,21-22H,11-16H2,1-2H3;6,8,10-11,16-18H,7,9,12-15H2,1-5H3/b5-3+,6-4+,9-7+,10-8+;8-6+,11-10+. The summed E-state index contributed by atoms with van der Waals surface area (Å²) in [4.78, 5) is 34.4. The van der Waals surface area contributed by atoms with Gasteiger partial charge in [0.25, 0.3) is 0 Å². The fraction of sp³-hybridized carbons (Fsp3) is 0.615. The van der Waals surface area contributed by atoms with Gasteiger partial charge in [-0.2, -0.15) is 0 Å². The van der Waals surface area contributed by atoms with Crippen molar-refractivity contribution in [3.63, 3.8) is 0 Å². The molecular weight excluding hydrogens is 676 g/mol. The molecular formula is C39H64O13. The molecule has 0 bridgehead atoms. The summed E-state index contributed by atoms with van der Waals surface area (Å²) >= 11 is 0. The third-order valence-electron chi connectivity index (χ3n) is 6.15. The first-order valence-electron chi connectivity index (χ1n) is 17.7. The molecule has 2 N–H and O–H groups in total. The van der Waals surface area contributed by atoms with Crippen LogP contribution in [0.1, 0.15) is 61.3 Å². The molecule has 0 saturated heterocycles. The Hall–Kier alpha value is -3.43. The van der Waals surface area contributed by atoms with Crippen LogP contribution in [0.15, 0.2) is 72.9 Å². The third-order valence-corrected chi connectivity index (χ3v) is 6.15. The van der Waals surface area contributed by atoms with Gasteiger partial charge in [0.2, 0.25) is 0 Å². The molecule has 5 unspecified atom stereocenters. The highest BCUT2D eigenvalue weighted by Crippen LogP contribution is 2.02. The fourth-order valence-electron chi connectivity index (χ4n) is 3.36. The molecule has 0 aliphatic rings. The van der Waals surface area contributed by atoms with Crippen LogP contribution in [-0.4, -0.2) is 125 Å². The number of carbonyl (C=O) groups excluding carboxylic acids is 3. The maximum Gasteiger partial charge on any atom is 0.331 e. The van der Waals surface area contributed by atoms with Crippen molar-refractivity contribution in [3.05, 3.63) is 72.9 Å². The highest BCUT2D eigenvalue weighted by molar-refractivity contribution is 5.83. The van der Waals surface area contributed by atoms with Gasteiger partial charge in [-0.3, -0.25) is 0 Å². The summed E-state index contributed by atoms with van der Waals surface area (Å²) < 4.78 is 42.7. The largest absolute Gasteiger partial charge is 0.460 e. The van der Waals surface area contributed by atoms with Crippen molar-refractivity contribution in [1.82, 2.24) is 0 Å². The molecule has 0 spiro atoms. The lowest BCUT2D eigenvalue weighted by molar-refractivity contribution is -0.151. The summed E-state index contributed by atoms with van der Waals surface area (Å²) in [6.07, 6.45) is 19.6. The summed E-state index contributed by atoms with van der Waals surface area (Å²) in [5.41, 5.74) is 0. The van der Waals surface area contributed by atoms with E-state index in [0.29, 0.717) is 13.2 Å². The van der Waals surface area contributed by atoms with E-state index in [-0.39, 0.29) is 70.5 Å². The van der Waals surface area contributed by atoms with E-state index in [9.17, 15) is 24.6 Å². The van der Waals surface area contributed by atoms with E-state index in [0.717, 1.165) is 19.4 Å². The number of hydrogen-bond donors (Lipinski definition) is 2. The number of carbonyl (C=O) groups is 3. The Morgan fingerprint density at radius 3 is 1.35 bits per heavy atom. The van der Waals surface area contributed by atoms with E-state index in [1.807, 2.05) is 47.6 Å². The van der Waals surface area contributed by atoms with Gasteiger partial charge in [0.1, 0.15) is 18.8 Å². The lowest BCUT2D eigenvalue weighted by atomic mass is 10.3. The molecule has 0 aromatic rings. The van der Waals surface area contributed by atoms with Gasteiger partial charge in [-0.05, 0) is 48.0 Å². The minimum atomic E-state index is -0.780. The zero-order chi connectivity index (χ0) is 39.2. The number of rotatable bonds is 29. The quantitative estimate of drug-likeness (QED) is 0.0355. The molecule has 0 radical (unpaired) electrons. The molecule has 0 rings (SSSR count). The maximum absolute atomic E-state index is 11.5. The van der Waals surface area contributed by atoms with Crippen molar-refractivity contribution in [2.75, 3.05) is 66.1 Å². The summed E-state index contributed by atoms with van der Waals surface area (Å²) in [6, 6.07) is 0. The first-order valence-corrected chi connectivity index (χ1v) is 17.7. The predicted molar refractivity (Wildman–Crippen MR) is 200 cm³/mol. The number of aliphatic hydroxyl groups excluding tert-OH is 2. The summed E-state index contributed by atoms with van der Waals surface area (Å²) in [7, 11) is 0. The Kier molecular flexibility index (Phi) is 36.4. The molecule has 13 nitrogen and oxygen atoms in total. The van der Waals surface area contributed by atoms with Gasteiger partial charge in [0.05, 0.1) is 71.2 Å². The second-order valence-electron chi connectivity index (χ2n) is 11.2. The lowest BCUT2D eigenvalue weighted by Gasteiger charge is -2.19. The Balaban J connectivity index is 0. The SMILES string of the molecule is C/C=C/C=C/C(=O)OC(CO)COCCOCC(CO)OC(=O)/C=C/C=C/C.C/C=C/C=C/C(=O)OCC(C)OCC(C)OCC(C)OCCCC. The number of esters is 3. The minimum Gasteiger partial charge on any atom is -0.460 e. The number of hydrogen-bond acceptors (Lipinski definition) is 13. The highest BCUT2D eigenvalue weighted by atomic mass is 16.6. The smallest absolute Gasteiger partial charge is 0.331 e. The average Bonchev–Trinajstić information content (AvgIpc) is 3.13. The fourth-order valence-corrected chi connectivity index (χ4v) is 3.36. The lowest BCUT2D eigenvalue weighted by Crippen LogP contribution is -2.29. The van der Waals surface area contributed by atoms with E-state index in [1.54, 1.807) is 36.5 Å². The van der Waals surface area contributed by atoms with Gasteiger partial charge in [-0.1, -0.05) is 68.0 Å². The minimum absolute atomic E-state index is 0.0111. The number of allylic oxidation sites excluding steroid dienone is 9. The molecule has 0 heterocycles. The summed E-state index contributed by atoms with van der Waals surface area (Å²) in [6.45, 7) is 15.1. The predicted octanol–water partition coefficient (Wildman–Crippen LogP) is 4.77. The zero-order valence-corrected chi connectivity index (χ0v) is 32.2. The molecule has 0 aliphatic carbocycles. The first kappa shape index (κ1) is 50.7. The number of aliphatic hydroxyl groups is 2. The molecule has 13 heteroatoms. The van der Waals surface area contributed by atoms with Crippen LogP contribution < -0.4 is 0 Å². The Bertz CT molecular complexity index is 1020. The van der Waals surface area contributed by atoms with Gasteiger partial charge < -0.3 is 48.1 Å². The second-order valence-corrected chi connectivity index (χ2v) is 11.2. The summed E-state index contributed by atoms with van der Waals surface area (Å²) in [5, 5.41) is 18.4. The monoisotopic (exact) mass is 740 g/mol. The van der Waals surface area contributed by atoms with E-state index < -0.39 is 24.1 Å². The van der Waals surface area contributed by atoms with Gasteiger partial charge in [0, 0.05) is 24.8 Å². The van der Waals surface area contributed by atoms with Gasteiger partial charge in [0.15, 0.2) is 0 Å². The van der Waals surface area contributed by atoms with Crippen molar-refractivity contribution in [3.8, 4) is 0 Å². The molecule has 0 aromatic heterocycles. The molecule has 5 atom stereocenters. The van der Waals surface area contributed by atoms with Crippen LogP contribution in [0, 0.1) is 0 Å². The Morgan fingerprint density at radius 2 is 0.942 bits per heavy atom. The van der Waals surface area contributed by atoms with Crippen LogP contribution in [0.4, 0.5) is 0 Å². The van der Waals surface area contributed by atoms with Gasteiger partial charge in [-0.25, -0.2) is 14.4 Å². The first-order chi connectivity index (χ1) is 25.1. The average molecular weight is 741 g/mol. The van der Waals surface area contributed by atoms with Crippen LogP contribution in [0.5, 0.6) is 0 Å². The van der Waals surface area contributed by atoms with Gasteiger partial charge in [-0.15, -0.1) is 0 Å². The van der Waals surface area contributed by atoms with Crippen LogP contribution in [0.25, 0.3) is 0 Å². The van der Waals surface area contributed by atoms with E-state index in [1.165, 1.54) is 30.4 Å². The molecule has 0 amide bonds. The summed E-state index contributed by atoms with van der Waals surface area (Å²) in [5.74, 6) is -1.52. The van der Waals surface area contributed by atoms with Crippen molar-refractivity contribution in [1.29, 1.82) is 0 Å². The van der Waals surface area contributed by atoms with Crippen LogP contribution in [0.3, 0.4) is 0 Å². The molecule has 0 aliphatic heterocycles. The zero-order valence-electron chi connectivity index (χ0n) is 32.2. The van der Waals surface area contributed by atoms with Gasteiger partial charge >= 0.3 is 17.9 Å². The van der Waals surface area contributed by atoms with E-state index in [4.69, 9.17) is 37.9 Å². The molecule has 0 fully saturated rings. The highest BCUT2D eigenvalue weighted by Gasteiger charge is 2.14. The second kappa shape index (κ2) is 37.3. The Labute approximate surface area is 310 Å². The number of ether oxygens (including phenoxy) is 8. The van der Waals surface area contributed by atoms with Crippen molar-refractivity contribution in [2.24, 2.45) is 0 Å². The van der Waals surface area contributed by atoms with E-state index >= 15 is 0 Å². The van der Waals surface area contributed by atoms with Crippen molar-refractivity contribution in [2.45, 2.75) is 91.8 Å². The van der Waals surface area contributed by atoms with E-state index in [2.05, 4.69) is 6.92 Å². The Morgan fingerprint density at radius 1 is 0.538 bits per heavy atom. The van der Waals surface area contributed by atoms with Crippen LogP contribution in [-0.2, 0) is 52.3 Å². The molecule has 0 aromatic carbocycles. The third kappa shape index (κ3) is 35.0. The molecule has 298 valence electrons. The molecule has 52 heavy (non-hydrogen) atoms. The number of unbranched alkanes of at least 4 members (excludes halogenated alkanes) is 1. The van der Waals surface area contributed by atoms with Crippen LogP contribution >= 0.6 is 0 Å². The maximum atomic E-state index is 11.5. The topological polar surface area (TPSA) is 166 Å².